The lowest BCUT2D eigenvalue weighted by Gasteiger charge is -2.13. The zero-order valence-electron chi connectivity index (χ0n) is 12.7. The van der Waals surface area contributed by atoms with E-state index in [-0.39, 0.29) is 12.4 Å². The quantitative estimate of drug-likeness (QED) is 0.829. The summed E-state index contributed by atoms with van der Waals surface area (Å²) in [6.07, 6.45) is 0. The molecule has 0 saturated heterocycles. The third-order valence-electron chi connectivity index (χ3n) is 3.24. The van der Waals surface area contributed by atoms with Gasteiger partial charge in [0.2, 0.25) is 0 Å². The van der Waals surface area contributed by atoms with E-state index in [2.05, 4.69) is 5.32 Å². The molecule has 0 aliphatic heterocycles. The summed E-state index contributed by atoms with van der Waals surface area (Å²) < 4.78 is 24.7. The molecule has 3 nitrogen and oxygen atoms in total. The molecule has 0 atom stereocenters. The Labute approximate surface area is 135 Å². The van der Waals surface area contributed by atoms with Crippen LogP contribution in [0.4, 0.5) is 4.39 Å². The fourth-order valence-corrected chi connectivity index (χ4v) is 2.25. The molecule has 0 bridgehead atoms. The first kappa shape index (κ1) is 16.6. The Bertz CT molecular complexity index is 614. The molecular formula is C17H19ClFNO2. The lowest BCUT2D eigenvalue weighted by molar-refractivity contribution is 0.279. The van der Waals surface area contributed by atoms with Crippen LogP contribution in [0.2, 0.25) is 5.02 Å². The van der Waals surface area contributed by atoms with Gasteiger partial charge in [-0.05, 0) is 36.4 Å². The van der Waals surface area contributed by atoms with Crippen LogP contribution < -0.4 is 14.8 Å². The Morgan fingerprint density at radius 3 is 2.68 bits per heavy atom. The van der Waals surface area contributed by atoms with Gasteiger partial charge in [0.05, 0.1) is 12.1 Å². The third-order valence-corrected chi connectivity index (χ3v) is 3.59. The summed E-state index contributed by atoms with van der Waals surface area (Å²) in [5.41, 5.74) is 1.43. The zero-order valence-corrected chi connectivity index (χ0v) is 13.4. The minimum absolute atomic E-state index is 0.0500. The second-order valence-electron chi connectivity index (χ2n) is 4.75. The monoisotopic (exact) mass is 323 g/mol. The highest BCUT2D eigenvalue weighted by atomic mass is 35.5. The van der Waals surface area contributed by atoms with Crippen molar-refractivity contribution in [3.63, 3.8) is 0 Å². The largest absolute Gasteiger partial charge is 0.493 e. The highest BCUT2D eigenvalue weighted by Gasteiger charge is 2.10. The van der Waals surface area contributed by atoms with Crippen molar-refractivity contribution in [2.75, 3.05) is 13.7 Å². The summed E-state index contributed by atoms with van der Waals surface area (Å²) in [6, 6.07) is 10.2. The standard InChI is InChI=1S/C17H19ClFNO2/c1-3-20-10-12-7-8-16(17(9-12)21-2)22-11-13-14(18)5-4-6-15(13)19/h4-9,20H,3,10-11H2,1-2H3. The van der Waals surface area contributed by atoms with Crippen LogP contribution >= 0.6 is 11.6 Å². The van der Waals surface area contributed by atoms with Crippen LogP contribution in [0.5, 0.6) is 11.5 Å². The van der Waals surface area contributed by atoms with Gasteiger partial charge in [0.15, 0.2) is 11.5 Å². The average molecular weight is 324 g/mol. The molecular weight excluding hydrogens is 305 g/mol. The third kappa shape index (κ3) is 4.12. The summed E-state index contributed by atoms with van der Waals surface area (Å²) in [6.45, 7) is 3.75. The molecule has 0 aliphatic rings. The number of halogens is 2. The van der Waals surface area contributed by atoms with Gasteiger partial charge in [0.25, 0.3) is 0 Å². The minimum atomic E-state index is -0.379. The van der Waals surface area contributed by atoms with E-state index in [1.165, 1.54) is 6.07 Å². The van der Waals surface area contributed by atoms with Gasteiger partial charge in [-0.25, -0.2) is 4.39 Å². The number of nitrogens with one attached hydrogen (secondary N) is 1. The van der Waals surface area contributed by atoms with Crippen LogP contribution in [-0.2, 0) is 13.2 Å². The Morgan fingerprint density at radius 1 is 1.18 bits per heavy atom. The van der Waals surface area contributed by atoms with E-state index < -0.39 is 0 Å². The zero-order chi connectivity index (χ0) is 15.9. The number of benzene rings is 2. The van der Waals surface area contributed by atoms with Crippen LogP contribution in [0.15, 0.2) is 36.4 Å². The summed E-state index contributed by atoms with van der Waals surface area (Å²) >= 11 is 5.99. The van der Waals surface area contributed by atoms with E-state index in [0.717, 1.165) is 18.7 Å². The summed E-state index contributed by atoms with van der Waals surface area (Å²) in [4.78, 5) is 0. The Kier molecular flexibility index (Phi) is 6.04. The fraction of sp³-hybridized carbons (Fsp3) is 0.294. The average Bonchev–Trinajstić information content (AvgIpc) is 2.53. The molecule has 0 aromatic heterocycles. The van der Waals surface area contributed by atoms with E-state index in [1.807, 2.05) is 25.1 Å². The Hall–Kier alpha value is -1.78. The van der Waals surface area contributed by atoms with Gasteiger partial charge in [-0.1, -0.05) is 30.7 Å². The lowest BCUT2D eigenvalue weighted by atomic mass is 10.2. The molecule has 0 spiro atoms. The smallest absolute Gasteiger partial charge is 0.161 e. The first-order chi connectivity index (χ1) is 10.7. The van der Waals surface area contributed by atoms with Gasteiger partial charge in [-0.3, -0.25) is 0 Å². The number of rotatable bonds is 7. The highest BCUT2D eigenvalue weighted by molar-refractivity contribution is 6.31. The van der Waals surface area contributed by atoms with Crippen molar-refractivity contribution in [2.24, 2.45) is 0 Å². The Morgan fingerprint density at radius 2 is 2.00 bits per heavy atom. The molecule has 0 unspecified atom stereocenters. The molecule has 0 amide bonds. The Balaban J connectivity index is 2.12. The number of hydrogen-bond donors (Lipinski definition) is 1. The van der Waals surface area contributed by atoms with Crippen molar-refractivity contribution < 1.29 is 13.9 Å². The molecule has 0 saturated carbocycles. The van der Waals surface area contributed by atoms with E-state index in [4.69, 9.17) is 21.1 Å². The van der Waals surface area contributed by atoms with Gasteiger partial charge in [0.1, 0.15) is 12.4 Å². The maximum atomic E-state index is 13.7. The maximum absolute atomic E-state index is 13.7. The molecule has 0 fully saturated rings. The van der Waals surface area contributed by atoms with Crippen molar-refractivity contribution >= 4 is 11.6 Å². The summed E-state index contributed by atoms with van der Waals surface area (Å²) in [5.74, 6) is 0.792. The predicted molar refractivity (Wildman–Crippen MR) is 86.1 cm³/mol. The normalized spacial score (nSPS) is 10.5. The first-order valence-electron chi connectivity index (χ1n) is 7.09. The van der Waals surface area contributed by atoms with Crippen molar-refractivity contribution in [2.45, 2.75) is 20.1 Å². The SMILES string of the molecule is CCNCc1ccc(OCc2c(F)cccc2Cl)c(OC)c1. The predicted octanol–water partition coefficient (Wildman–Crippen LogP) is 4.18. The molecule has 0 radical (unpaired) electrons. The lowest BCUT2D eigenvalue weighted by Crippen LogP contribution is -2.11. The molecule has 1 N–H and O–H groups in total. The van der Waals surface area contributed by atoms with Crippen molar-refractivity contribution in [3.05, 3.63) is 58.4 Å². The van der Waals surface area contributed by atoms with Crippen molar-refractivity contribution in [1.82, 2.24) is 5.32 Å². The number of ether oxygens (including phenoxy) is 2. The van der Waals surface area contributed by atoms with Gasteiger partial charge in [0, 0.05) is 12.1 Å². The fourth-order valence-electron chi connectivity index (χ4n) is 2.03. The molecule has 2 rings (SSSR count). The number of methoxy groups -OCH3 is 1. The second-order valence-corrected chi connectivity index (χ2v) is 5.16. The van der Waals surface area contributed by atoms with Crippen LogP contribution in [0, 0.1) is 5.82 Å². The highest BCUT2D eigenvalue weighted by Crippen LogP contribution is 2.30. The summed E-state index contributed by atoms with van der Waals surface area (Å²) in [7, 11) is 1.58. The van der Waals surface area contributed by atoms with Crippen LogP contribution in [0.25, 0.3) is 0 Å². The van der Waals surface area contributed by atoms with Gasteiger partial charge in [-0.2, -0.15) is 0 Å². The number of hydrogen-bond acceptors (Lipinski definition) is 3. The van der Waals surface area contributed by atoms with Crippen molar-refractivity contribution in [1.29, 1.82) is 0 Å². The van der Waals surface area contributed by atoms with Gasteiger partial charge in [-0.15, -0.1) is 0 Å². The van der Waals surface area contributed by atoms with Gasteiger partial charge < -0.3 is 14.8 Å². The first-order valence-corrected chi connectivity index (χ1v) is 7.46. The van der Waals surface area contributed by atoms with E-state index in [0.29, 0.717) is 22.1 Å². The summed E-state index contributed by atoms with van der Waals surface area (Å²) in [5, 5.41) is 3.59. The van der Waals surface area contributed by atoms with E-state index in [9.17, 15) is 4.39 Å². The minimum Gasteiger partial charge on any atom is -0.493 e. The van der Waals surface area contributed by atoms with E-state index in [1.54, 1.807) is 19.2 Å². The molecule has 2 aromatic rings. The van der Waals surface area contributed by atoms with Crippen LogP contribution in [0.1, 0.15) is 18.1 Å². The van der Waals surface area contributed by atoms with Crippen LogP contribution in [-0.4, -0.2) is 13.7 Å². The molecule has 0 aliphatic carbocycles. The van der Waals surface area contributed by atoms with E-state index >= 15 is 0 Å². The second kappa shape index (κ2) is 8.01. The molecule has 0 heterocycles. The van der Waals surface area contributed by atoms with Gasteiger partial charge >= 0.3 is 0 Å². The molecule has 5 heteroatoms. The molecule has 2 aromatic carbocycles. The maximum Gasteiger partial charge on any atom is 0.161 e. The van der Waals surface area contributed by atoms with Crippen molar-refractivity contribution in [3.8, 4) is 11.5 Å². The van der Waals surface area contributed by atoms with Crippen LogP contribution in [0.3, 0.4) is 0 Å². The molecule has 118 valence electrons. The molecule has 22 heavy (non-hydrogen) atoms. The topological polar surface area (TPSA) is 30.5 Å².